The number of aliphatic imine (C=N–C) groups is 1. The molecule has 0 bridgehead atoms. The van der Waals surface area contributed by atoms with Crippen LogP contribution >= 0.6 is 11.6 Å². The second kappa shape index (κ2) is 8.73. The van der Waals surface area contributed by atoms with Crippen LogP contribution in [0, 0.1) is 5.82 Å². The molecule has 3 aromatic rings. The van der Waals surface area contributed by atoms with Gasteiger partial charge in [0.1, 0.15) is 11.5 Å². The first-order chi connectivity index (χ1) is 15.6. The summed E-state index contributed by atoms with van der Waals surface area (Å²) in [7, 11) is 0. The summed E-state index contributed by atoms with van der Waals surface area (Å²) >= 11 is 6.09. The van der Waals surface area contributed by atoms with E-state index in [-0.39, 0.29) is 11.7 Å². The highest BCUT2D eigenvalue weighted by Gasteiger charge is 2.35. The third-order valence-corrected chi connectivity index (χ3v) is 6.09. The van der Waals surface area contributed by atoms with Crippen molar-refractivity contribution >= 4 is 40.3 Å². The van der Waals surface area contributed by atoms with Crippen LogP contribution in [0.3, 0.4) is 0 Å². The Labute approximate surface area is 191 Å². The van der Waals surface area contributed by atoms with Crippen LogP contribution in [0.5, 0.6) is 0 Å². The second-order valence-electron chi connectivity index (χ2n) is 7.91. The number of benzene rings is 3. The molecule has 0 radical (unpaired) electrons. The van der Waals surface area contributed by atoms with Crippen LogP contribution in [0.15, 0.2) is 77.8 Å². The third kappa shape index (κ3) is 4.11. The lowest BCUT2D eigenvalue weighted by Gasteiger charge is -2.37. The minimum Gasteiger partial charge on any atom is -0.369 e. The van der Waals surface area contributed by atoms with Crippen LogP contribution in [-0.4, -0.2) is 49.4 Å². The SMILES string of the molecule is O=C1C(=Nc2cccc(Cl)c2)c2ccccc2N1CN1CCN(c2ccc(F)cc2)CC1. The topological polar surface area (TPSA) is 39.2 Å². The number of anilines is 2. The van der Waals surface area contributed by atoms with Gasteiger partial charge in [-0.15, -0.1) is 0 Å². The van der Waals surface area contributed by atoms with E-state index in [1.54, 1.807) is 17.0 Å². The Morgan fingerprint density at radius 1 is 0.906 bits per heavy atom. The maximum Gasteiger partial charge on any atom is 0.278 e. The molecule has 3 aromatic carbocycles. The van der Waals surface area contributed by atoms with Gasteiger partial charge in [0.05, 0.1) is 18.0 Å². The first-order valence-corrected chi connectivity index (χ1v) is 10.9. The molecule has 0 atom stereocenters. The number of rotatable bonds is 4. The summed E-state index contributed by atoms with van der Waals surface area (Å²) in [6, 6.07) is 21.6. The number of carbonyl (C=O) groups excluding carboxylic acids is 1. The number of carbonyl (C=O) groups is 1. The Balaban J connectivity index is 1.32. The van der Waals surface area contributed by atoms with E-state index in [2.05, 4.69) is 14.8 Å². The molecule has 0 aliphatic carbocycles. The number of amides is 1. The smallest absolute Gasteiger partial charge is 0.278 e. The highest BCUT2D eigenvalue weighted by atomic mass is 35.5. The number of hydrogen-bond acceptors (Lipinski definition) is 4. The van der Waals surface area contributed by atoms with Crippen LogP contribution in [0.25, 0.3) is 0 Å². The van der Waals surface area contributed by atoms with Crippen molar-refractivity contribution in [2.24, 2.45) is 4.99 Å². The maximum atomic E-state index is 13.3. The summed E-state index contributed by atoms with van der Waals surface area (Å²) in [5, 5.41) is 0.585. The molecular formula is C25H22ClFN4O. The predicted molar refractivity (Wildman–Crippen MR) is 127 cm³/mol. The molecule has 2 heterocycles. The Kier molecular flexibility index (Phi) is 5.64. The highest BCUT2D eigenvalue weighted by Crippen LogP contribution is 2.31. The fraction of sp³-hybridized carbons (Fsp3) is 0.200. The maximum absolute atomic E-state index is 13.3. The van der Waals surface area contributed by atoms with E-state index in [0.717, 1.165) is 43.1 Å². The molecule has 2 aliphatic rings. The van der Waals surface area contributed by atoms with Gasteiger partial charge in [-0.2, -0.15) is 0 Å². The molecule has 0 saturated carbocycles. The molecule has 1 saturated heterocycles. The molecule has 5 rings (SSSR count). The van der Waals surface area contributed by atoms with Crippen molar-refractivity contribution in [1.29, 1.82) is 0 Å². The second-order valence-corrected chi connectivity index (χ2v) is 8.35. The number of hydrogen-bond donors (Lipinski definition) is 0. The molecule has 7 heteroatoms. The van der Waals surface area contributed by atoms with Gasteiger partial charge < -0.3 is 4.90 Å². The number of nitrogens with zero attached hydrogens (tertiary/aromatic N) is 4. The van der Waals surface area contributed by atoms with Crippen molar-refractivity contribution in [2.75, 3.05) is 42.6 Å². The van der Waals surface area contributed by atoms with Crippen molar-refractivity contribution in [1.82, 2.24) is 4.90 Å². The van der Waals surface area contributed by atoms with Gasteiger partial charge in [-0.3, -0.25) is 14.6 Å². The Morgan fingerprint density at radius 2 is 1.66 bits per heavy atom. The highest BCUT2D eigenvalue weighted by molar-refractivity contribution is 6.54. The number of para-hydroxylation sites is 1. The quantitative estimate of drug-likeness (QED) is 0.579. The molecule has 162 valence electrons. The molecule has 1 fully saturated rings. The molecule has 0 aromatic heterocycles. The fourth-order valence-corrected chi connectivity index (χ4v) is 4.37. The molecule has 0 spiro atoms. The standard InChI is InChI=1S/C25H22ClFN4O/c26-18-4-3-5-20(16-18)28-24-22-6-1-2-7-23(22)31(25(24)32)17-29-12-14-30(15-13-29)21-10-8-19(27)9-11-21/h1-11,16H,12-15,17H2. The van der Waals surface area contributed by atoms with Crippen molar-refractivity contribution in [3.63, 3.8) is 0 Å². The van der Waals surface area contributed by atoms with E-state index in [9.17, 15) is 9.18 Å². The average molecular weight is 449 g/mol. The van der Waals surface area contributed by atoms with E-state index in [0.29, 0.717) is 23.1 Å². The molecule has 0 unspecified atom stereocenters. The third-order valence-electron chi connectivity index (χ3n) is 5.85. The minimum absolute atomic E-state index is 0.105. The van der Waals surface area contributed by atoms with Crippen LogP contribution in [-0.2, 0) is 4.79 Å². The van der Waals surface area contributed by atoms with Crippen molar-refractivity contribution < 1.29 is 9.18 Å². The van der Waals surface area contributed by atoms with Gasteiger partial charge in [0.2, 0.25) is 0 Å². The van der Waals surface area contributed by atoms with Gasteiger partial charge in [0, 0.05) is 42.5 Å². The first kappa shape index (κ1) is 20.7. The molecule has 2 aliphatic heterocycles. The van der Waals surface area contributed by atoms with Crippen molar-refractivity contribution in [3.05, 3.63) is 89.2 Å². The summed E-state index contributed by atoms with van der Waals surface area (Å²) in [5.41, 5.74) is 3.82. The lowest BCUT2D eigenvalue weighted by molar-refractivity contribution is -0.112. The molecule has 0 N–H and O–H groups in total. The first-order valence-electron chi connectivity index (χ1n) is 10.6. The van der Waals surface area contributed by atoms with Gasteiger partial charge in [-0.05, 0) is 48.5 Å². The summed E-state index contributed by atoms with van der Waals surface area (Å²) in [5.74, 6) is -0.332. The van der Waals surface area contributed by atoms with Crippen molar-refractivity contribution in [3.8, 4) is 0 Å². The van der Waals surface area contributed by atoms with Crippen LogP contribution < -0.4 is 9.80 Å². The summed E-state index contributed by atoms with van der Waals surface area (Å²) in [6.07, 6.45) is 0. The summed E-state index contributed by atoms with van der Waals surface area (Å²) < 4.78 is 13.2. The van der Waals surface area contributed by atoms with Gasteiger partial charge in [-0.25, -0.2) is 9.38 Å². The Bertz CT molecular complexity index is 1170. The predicted octanol–water partition coefficient (Wildman–Crippen LogP) is 4.73. The van der Waals surface area contributed by atoms with Crippen molar-refractivity contribution in [2.45, 2.75) is 0 Å². The Morgan fingerprint density at radius 3 is 2.41 bits per heavy atom. The lowest BCUT2D eigenvalue weighted by atomic mass is 10.1. The van der Waals surface area contributed by atoms with E-state index in [1.807, 2.05) is 48.5 Å². The minimum atomic E-state index is -0.228. The zero-order valence-corrected chi connectivity index (χ0v) is 18.2. The van der Waals surface area contributed by atoms with E-state index in [1.165, 1.54) is 12.1 Å². The monoisotopic (exact) mass is 448 g/mol. The van der Waals surface area contributed by atoms with Gasteiger partial charge in [-0.1, -0.05) is 35.9 Å². The zero-order valence-electron chi connectivity index (χ0n) is 17.4. The summed E-state index contributed by atoms with van der Waals surface area (Å²) in [4.78, 5) is 24.3. The normalized spacial score (nSPS) is 17.8. The van der Waals surface area contributed by atoms with Gasteiger partial charge in [0.25, 0.3) is 5.91 Å². The average Bonchev–Trinajstić information content (AvgIpc) is 3.06. The Hall–Kier alpha value is -3.22. The van der Waals surface area contributed by atoms with Gasteiger partial charge >= 0.3 is 0 Å². The molecule has 32 heavy (non-hydrogen) atoms. The zero-order chi connectivity index (χ0) is 22.1. The number of piperazine rings is 1. The number of halogens is 2. The van der Waals surface area contributed by atoms with Gasteiger partial charge in [0.15, 0.2) is 0 Å². The molecular weight excluding hydrogens is 427 g/mol. The summed E-state index contributed by atoms with van der Waals surface area (Å²) in [6.45, 7) is 3.76. The van der Waals surface area contributed by atoms with Crippen LogP contribution in [0.1, 0.15) is 5.56 Å². The fourth-order valence-electron chi connectivity index (χ4n) is 4.18. The van der Waals surface area contributed by atoms with E-state index < -0.39 is 0 Å². The lowest BCUT2D eigenvalue weighted by Crippen LogP contribution is -2.51. The van der Waals surface area contributed by atoms with E-state index in [4.69, 9.17) is 11.6 Å². The molecule has 1 amide bonds. The van der Waals surface area contributed by atoms with Crippen LogP contribution in [0.4, 0.5) is 21.5 Å². The van der Waals surface area contributed by atoms with E-state index >= 15 is 0 Å². The van der Waals surface area contributed by atoms with Crippen LogP contribution in [0.2, 0.25) is 5.02 Å². The number of fused-ring (bicyclic) bond motifs is 1. The largest absolute Gasteiger partial charge is 0.369 e. The molecule has 5 nitrogen and oxygen atoms in total.